The molecular formula is C15H25NO3. The lowest BCUT2D eigenvalue weighted by Gasteiger charge is -2.10. The number of nitrogens with one attached hydrogen (secondary N) is 1. The van der Waals surface area contributed by atoms with Gasteiger partial charge in [-0.05, 0) is 39.2 Å². The van der Waals surface area contributed by atoms with Gasteiger partial charge in [0.25, 0.3) is 0 Å². The summed E-state index contributed by atoms with van der Waals surface area (Å²) in [6.45, 7) is 7.56. The highest BCUT2D eigenvalue weighted by atomic mass is 16.1. The molecule has 0 heterocycles. The molecule has 4 heteroatoms. The number of allylic oxidation sites excluding steroid dienone is 2. The third-order valence-electron chi connectivity index (χ3n) is 3.05. The maximum absolute atomic E-state index is 12.1. The quantitative estimate of drug-likeness (QED) is 0.653. The zero-order valence-electron chi connectivity index (χ0n) is 12.5. The Morgan fingerprint density at radius 3 is 2.05 bits per heavy atom. The maximum Gasteiger partial charge on any atom is 0.220 e. The van der Waals surface area contributed by atoms with Crippen molar-refractivity contribution in [3.8, 4) is 0 Å². The van der Waals surface area contributed by atoms with Crippen LogP contribution in [0.25, 0.3) is 0 Å². The maximum atomic E-state index is 12.1. The zero-order chi connectivity index (χ0) is 14.8. The molecule has 1 N–H and O–H groups in total. The van der Waals surface area contributed by atoms with Gasteiger partial charge in [0.1, 0.15) is 0 Å². The van der Waals surface area contributed by atoms with Gasteiger partial charge in [0.2, 0.25) is 5.91 Å². The van der Waals surface area contributed by atoms with Crippen molar-refractivity contribution in [3.05, 3.63) is 11.1 Å². The summed E-state index contributed by atoms with van der Waals surface area (Å²) in [4.78, 5) is 34.9. The van der Waals surface area contributed by atoms with E-state index in [1.165, 1.54) is 6.92 Å². The van der Waals surface area contributed by atoms with Gasteiger partial charge in [-0.3, -0.25) is 14.4 Å². The van der Waals surface area contributed by atoms with Crippen LogP contribution < -0.4 is 5.32 Å². The molecule has 0 aliphatic carbocycles. The fourth-order valence-corrected chi connectivity index (χ4v) is 1.76. The highest BCUT2D eigenvalue weighted by Crippen LogP contribution is 2.16. The van der Waals surface area contributed by atoms with E-state index in [2.05, 4.69) is 5.32 Å². The van der Waals surface area contributed by atoms with Crippen molar-refractivity contribution >= 4 is 17.5 Å². The number of amides is 1. The van der Waals surface area contributed by atoms with Crippen LogP contribution in [0.15, 0.2) is 11.1 Å². The Morgan fingerprint density at radius 2 is 1.58 bits per heavy atom. The number of carbonyl (C=O) groups is 3. The Bertz CT molecular complexity index is 370. The molecule has 0 aromatic carbocycles. The molecule has 1 amide bonds. The van der Waals surface area contributed by atoms with Crippen LogP contribution in [0.1, 0.15) is 59.8 Å². The van der Waals surface area contributed by atoms with E-state index in [1.54, 1.807) is 6.92 Å². The summed E-state index contributed by atoms with van der Waals surface area (Å²) in [7, 11) is 0. The van der Waals surface area contributed by atoms with Crippen molar-refractivity contribution in [2.45, 2.75) is 59.8 Å². The summed E-state index contributed by atoms with van der Waals surface area (Å²) < 4.78 is 0. The smallest absolute Gasteiger partial charge is 0.220 e. The third-order valence-corrected chi connectivity index (χ3v) is 3.05. The van der Waals surface area contributed by atoms with E-state index in [1.807, 2.05) is 13.8 Å². The van der Waals surface area contributed by atoms with E-state index in [4.69, 9.17) is 0 Å². The van der Waals surface area contributed by atoms with Crippen LogP contribution >= 0.6 is 0 Å². The second kappa shape index (κ2) is 9.48. The lowest BCUT2D eigenvalue weighted by Crippen LogP contribution is -2.23. The number of rotatable bonds is 9. The molecule has 0 spiro atoms. The molecule has 19 heavy (non-hydrogen) atoms. The fourth-order valence-electron chi connectivity index (χ4n) is 1.76. The van der Waals surface area contributed by atoms with Crippen molar-refractivity contribution in [1.82, 2.24) is 5.32 Å². The van der Waals surface area contributed by atoms with Crippen LogP contribution in [0.5, 0.6) is 0 Å². The minimum Gasteiger partial charge on any atom is -0.356 e. The SMILES string of the molecule is CCCCC(=O)/C(CCC(=O)NCC)=C(/C)C(C)=O. The molecule has 0 fully saturated rings. The van der Waals surface area contributed by atoms with Gasteiger partial charge in [-0.2, -0.15) is 0 Å². The molecule has 0 radical (unpaired) electrons. The Kier molecular flexibility index (Phi) is 8.75. The predicted molar refractivity (Wildman–Crippen MR) is 75.8 cm³/mol. The van der Waals surface area contributed by atoms with E-state index in [9.17, 15) is 14.4 Å². The van der Waals surface area contributed by atoms with E-state index in [-0.39, 0.29) is 23.9 Å². The Hall–Kier alpha value is -1.45. The summed E-state index contributed by atoms with van der Waals surface area (Å²) in [5.74, 6) is -0.186. The van der Waals surface area contributed by atoms with Crippen LogP contribution in [0.4, 0.5) is 0 Å². The van der Waals surface area contributed by atoms with Crippen LogP contribution in [0.3, 0.4) is 0 Å². The van der Waals surface area contributed by atoms with Gasteiger partial charge in [0.05, 0.1) is 0 Å². The first kappa shape index (κ1) is 17.6. The van der Waals surface area contributed by atoms with Crippen molar-refractivity contribution in [2.24, 2.45) is 0 Å². The van der Waals surface area contributed by atoms with E-state index < -0.39 is 0 Å². The van der Waals surface area contributed by atoms with Crippen LogP contribution in [-0.4, -0.2) is 24.0 Å². The number of hydrogen-bond donors (Lipinski definition) is 1. The molecule has 0 aromatic rings. The number of Topliss-reactive ketones (excluding diaryl/α,β-unsaturated/α-hetero) is 2. The Morgan fingerprint density at radius 1 is 0.947 bits per heavy atom. The average molecular weight is 267 g/mol. The molecule has 0 aliphatic rings. The van der Waals surface area contributed by atoms with E-state index >= 15 is 0 Å². The number of unbranched alkanes of at least 4 members (excludes halogenated alkanes) is 1. The van der Waals surface area contributed by atoms with Gasteiger partial charge < -0.3 is 5.32 Å². The molecule has 0 bridgehead atoms. The molecule has 0 saturated carbocycles. The van der Waals surface area contributed by atoms with Crippen LogP contribution in [0.2, 0.25) is 0 Å². The summed E-state index contributed by atoms with van der Waals surface area (Å²) in [5.41, 5.74) is 1.01. The molecule has 108 valence electrons. The predicted octanol–water partition coefficient (Wildman–Crippen LogP) is 2.57. The molecular weight excluding hydrogens is 242 g/mol. The average Bonchev–Trinajstić information content (AvgIpc) is 2.36. The third kappa shape index (κ3) is 6.89. The monoisotopic (exact) mass is 267 g/mol. The Balaban J connectivity index is 4.79. The Labute approximate surface area is 115 Å². The summed E-state index contributed by atoms with van der Waals surface area (Å²) in [5, 5.41) is 2.69. The van der Waals surface area contributed by atoms with Crippen molar-refractivity contribution < 1.29 is 14.4 Å². The molecule has 0 atom stereocenters. The molecule has 0 rings (SSSR count). The van der Waals surface area contributed by atoms with Crippen LogP contribution in [0, 0.1) is 0 Å². The highest BCUT2D eigenvalue weighted by molar-refractivity contribution is 6.05. The number of hydrogen-bond acceptors (Lipinski definition) is 3. The van der Waals surface area contributed by atoms with Gasteiger partial charge >= 0.3 is 0 Å². The second-order valence-corrected chi connectivity index (χ2v) is 4.64. The van der Waals surface area contributed by atoms with Crippen LogP contribution in [-0.2, 0) is 14.4 Å². The van der Waals surface area contributed by atoms with Gasteiger partial charge in [0.15, 0.2) is 11.6 Å². The first-order valence-corrected chi connectivity index (χ1v) is 6.94. The molecule has 4 nitrogen and oxygen atoms in total. The summed E-state index contributed by atoms with van der Waals surface area (Å²) >= 11 is 0. The van der Waals surface area contributed by atoms with Crippen molar-refractivity contribution in [1.29, 1.82) is 0 Å². The van der Waals surface area contributed by atoms with Gasteiger partial charge in [-0.25, -0.2) is 0 Å². The lowest BCUT2D eigenvalue weighted by molar-refractivity contribution is -0.121. The van der Waals surface area contributed by atoms with E-state index in [0.29, 0.717) is 30.5 Å². The largest absolute Gasteiger partial charge is 0.356 e. The lowest BCUT2D eigenvalue weighted by atomic mass is 9.95. The van der Waals surface area contributed by atoms with Gasteiger partial charge in [-0.15, -0.1) is 0 Å². The van der Waals surface area contributed by atoms with Crippen molar-refractivity contribution in [3.63, 3.8) is 0 Å². The molecule has 0 unspecified atom stereocenters. The number of carbonyl (C=O) groups excluding carboxylic acids is 3. The van der Waals surface area contributed by atoms with Gasteiger partial charge in [-0.1, -0.05) is 13.3 Å². The topological polar surface area (TPSA) is 63.2 Å². The normalized spacial score (nSPS) is 11.8. The first-order valence-electron chi connectivity index (χ1n) is 6.94. The minimum absolute atomic E-state index is 0.00107. The molecule has 0 saturated heterocycles. The summed E-state index contributed by atoms with van der Waals surface area (Å²) in [6.07, 6.45) is 2.81. The van der Waals surface area contributed by atoms with E-state index in [0.717, 1.165) is 12.8 Å². The zero-order valence-corrected chi connectivity index (χ0v) is 12.5. The second-order valence-electron chi connectivity index (χ2n) is 4.64. The van der Waals surface area contributed by atoms with Gasteiger partial charge in [0, 0.05) is 25.0 Å². The fraction of sp³-hybridized carbons (Fsp3) is 0.667. The molecule has 0 aliphatic heterocycles. The first-order chi connectivity index (χ1) is 8.93. The number of ketones is 2. The minimum atomic E-state index is -0.101. The van der Waals surface area contributed by atoms with Crippen molar-refractivity contribution in [2.75, 3.05) is 6.54 Å². The standard InChI is InChI=1S/C15H25NO3/c1-5-7-8-14(18)13(11(3)12(4)17)9-10-15(19)16-6-2/h5-10H2,1-4H3,(H,16,19)/b13-11-. The highest BCUT2D eigenvalue weighted by Gasteiger charge is 2.16. The summed E-state index contributed by atoms with van der Waals surface area (Å²) in [6, 6.07) is 0. The molecule has 0 aromatic heterocycles.